The van der Waals surface area contributed by atoms with E-state index in [0.717, 1.165) is 5.56 Å². The number of anilines is 2. The van der Waals surface area contributed by atoms with E-state index in [1.54, 1.807) is 18.2 Å². The monoisotopic (exact) mass is 515 g/mol. The van der Waals surface area contributed by atoms with Gasteiger partial charge in [0, 0.05) is 29.8 Å². The number of nitrogens with zero attached hydrogens (tertiary/aromatic N) is 2. The molecule has 0 aromatic heterocycles. The zero-order valence-electron chi connectivity index (χ0n) is 21.1. The lowest BCUT2D eigenvalue weighted by Gasteiger charge is -2.31. The number of benzene rings is 3. The van der Waals surface area contributed by atoms with E-state index >= 15 is 0 Å². The van der Waals surface area contributed by atoms with Gasteiger partial charge in [0.2, 0.25) is 5.91 Å². The molecule has 1 atom stereocenters. The first kappa shape index (κ1) is 26.5. The minimum atomic E-state index is -0.648. The maximum Gasteiger partial charge on any atom is 0.269 e. The van der Waals surface area contributed by atoms with E-state index < -0.39 is 16.9 Å². The molecule has 10 heteroatoms. The van der Waals surface area contributed by atoms with Crippen LogP contribution in [0.1, 0.15) is 52.6 Å². The van der Waals surface area contributed by atoms with Crippen molar-refractivity contribution < 1.29 is 19.3 Å². The summed E-state index contributed by atoms with van der Waals surface area (Å²) >= 11 is 0. The second kappa shape index (κ2) is 10.8. The van der Waals surface area contributed by atoms with Gasteiger partial charge in [-0.05, 0) is 47.9 Å². The molecular formula is C28H29N5O5. The Kier molecular flexibility index (Phi) is 7.54. The lowest BCUT2D eigenvalue weighted by Crippen LogP contribution is -2.38. The van der Waals surface area contributed by atoms with E-state index in [1.165, 1.54) is 29.2 Å². The van der Waals surface area contributed by atoms with Crippen molar-refractivity contribution in [3.8, 4) is 0 Å². The molecule has 0 saturated carbocycles. The molecule has 1 unspecified atom stereocenters. The van der Waals surface area contributed by atoms with Crippen molar-refractivity contribution in [2.45, 2.75) is 26.3 Å². The summed E-state index contributed by atoms with van der Waals surface area (Å²) in [4.78, 5) is 51.8. The molecule has 0 bridgehead atoms. The van der Waals surface area contributed by atoms with Crippen molar-refractivity contribution in [3.05, 3.63) is 99.6 Å². The summed E-state index contributed by atoms with van der Waals surface area (Å²) < 4.78 is 0. The van der Waals surface area contributed by atoms with Crippen LogP contribution in [0, 0.1) is 15.5 Å². The molecule has 196 valence electrons. The smallest absolute Gasteiger partial charge is 0.269 e. The zero-order valence-corrected chi connectivity index (χ0v) is 21.1. The fraction of sp³-hybridized carbons (Fsp3) is 0.250. The Morgan fingerprint density at radius 3 is 2.37 bits per heavy atom. The van der Waals surface area contributed by atoms with Gasteiger partial charge >= 0.3 is 0 Å². The summed E-state index contributed by atoms with van der Waals surface area (Å²) in [6.45, 7) is 4.65. The fourth-order valence-corrected chi connectivity index (χ4v) is 4.18. The molecule has 0 fully saturated rings. The quantitative estimate of drug-likeness (QED) is 0.320. The van der Waals surface area contributed by atoms with Gasteiger partial charge in [-0.25, -0.2) is 0 Å². The first-order valence-electron chi connectivity index (χ1n) is 12.1. The van der Waals surface area contributed by atoms with Crippen LogP contribution in [0.3, 0.4) is 0 Å². The molecule has 0 aliphatic carbocycles. The van der Waals surface area contributed by atoms with Gasteiger partial charge in [-0.3, -0.25) is 29.4 Å². The number of nitro groups is 1. The Hall–Kier alpha value is -4.57. The number of fused-ring (bicyclic) bond motifs is 1. The largest absolute Gasteiger partial charge is 0.351 e. The summed E-state index contributed by atoms with van der Waals surface area (Å²) in [5.74, 6) is -1.09. The molecule has 1 heterocycles. The van der Waals surface area contributed by atoms with E-state index in [-0.39, 0.29) is 34.9 Å². The van der Waals surface area contributed by atoms with E-state index in [9.17, 15) is 24.5 Å². The standard InChI is InChI=1S/C28H29N5O5/c1-28(2,16-29)17-30-26(35)20-10-13-23-22(14-20)31-25(34)15-24(18-6-4-3-5-7-18)32(23)27(36)19-8-11-21(12-9-19)33(37)38/h3-14,24H,15-17,29H2,1-2H3,(H,30,35)(H,31,34). The molecule has 38 heavy (non-hydrogen) atoms. The number of hydrogen-bond donors (Lipinski definition) is 3. The normalized spacial score (nSPS) is 15.2. The van der Waals surface area contributed by atoms with Gasteiger partial charge in [0.25, 0.3) is 17.5 Å². The Labute approximate surface area is 220 Å². The Morgan fingerprint density at radius 2 is 1.74 bits per heavy atom. The third-order valence-electron chi connectivity index (χ3n) is 6.49. The van der Waals surface area contributed by atoms with Gasteiger partial charge < -0.3 is 16.4 Å². The predicted molar refractivity (Wildman–Crippen MR) is 144 cm³/mol. The molecular weight excluding hydrogens is 486 g/mol. The van der Waals surface area contributed by atoms with Crippen LogP contribution >= 0.6 is 0 Å². The van der Waals surface area contributed by atoms with Gasteiger partial charge in [0.05, 0.1) is 28.8 Å². The van der Waals surface area contributed by atoms with Crippen LogP contribution in [-0.2, 0) is 4.79 Å². The van der Waals surface area contributed by atoms with Crippen LogP contribution in [0.4, 0.5) is 17.1 Å². The first-order valence-corrected chi connectivity index (χ1v) is 12.1. The topological polar surface area (TPSA) is 148 Å². The lowest BCUT2D eigenvalue weighted by molar-refractivity contribution is -0.384. The minimum Gasteiger partial charge on any atom is -0.351 e. The number of non-ortho nitro benzene ring substituents is 1. The Morgan fingerprint density at radius 1 is 1.08 bits per heavy atom. The van der Waals surface area contributed by atoms with Crippen molar-refractivity contribution in [3.63, 3.8) is 0 Å². The fourth-order valence-electron chi connectivity index (χ4n) is 4.18. The number of carbonyl (C=O) groups excluding carboxylic acids is 3. The van der Waals surface area contributed by atoms with Crippen LogP contribution in [0.15, 0.2) is 72.8 Å². The molecule has 4 rings (SSSR count). The van der Waals surface area contributed by atoms with Crippen LogP contribution in [0.2, 0.25) is 0 Å². The molecule has 1 aliphatic heterocycles. The average Bonchev–Trinajstić information content (AvgIpc) is 3.07. The highest BCUT2D eigenvalue weighted by Gasteiger charge is 2.34. The summed E-state index contributed by atoms with van der Waals surface area (Å²) in [6, 6.07) is 18.6. The Bertz CT molecular complexity index is 1370. The molecule has 0 spiro atoms. The lowest BCUT2D eigenvalue weighted by atomic mass is 9.94. The summed E-state index contributed by atoms with van der Waals surface area (Å²) in [5, 5.41) is 16.8. The summed E-state index contributed by atoms with van der Waals surface area (Å²) in [5.41, 5.74) is 7.35. The number of rotatable bonds is 7. The third-order valence-corrected chi connectivity index (χ3v) is 6.49. The van der Waals surface area contributed by atoms with Crippen molar-refractivity contribution in [2.24, 2.45) is 11.1 Å². The van der Waals surface area contributed by atoms with Gasteiger partial charge in [-0.15, -0.1) is 0 Å². The maximum atomic E-state index is 13.9. The zero-order chi connectivity index (χ0) is 27.4. The third kappa shape index (κ3) is 5.70. The molecule has 3 amide bonds. The number of nitrogens with two attached hydrogens (primary N) is 1. The molecule has 3 aromatic rings. The van der Waals surface area contributed by atoms with E-state index in [4.69, 9.17) is 5.73 Å². The van der Waals surface area contributed by atoms with E-state index in [0.29, 0.717) is 30.0 Å². The molecule has 4 N–H and O–H groups in total. The van der Waals surface area contributed by atoms with Gasteiger partial charge in [0.1, 0.15) is 0 Å². The highest BCUT2D eigenvalue weighted by Crippen LogP contribution is 2.39. The summed E-state index contributed by atoms with van der Waals surface area (Å²) in [7, 11) is 0. The molecule has 3 aromatic carbocycles. The number of amides is 3. The second-order valence-electron chi connectivity index (χ2n) is 9.94. The highest BCUT2D eigenvalue weighted by molar-refractivity contribution is 6.12. The van der Waals surface area contributed by atoms with Gasteiger partial charge in [-0.2, -0.15) is 0 Å². The number of nitro benzene ring substituents is 1. The number of hydrogen-bond acceptors (Lipinski definition) is 6. The van der Waals surface area contributed by atoms with E-state index in [1.807, 2.05) is 44.2 Å². The SMILES string of the molecule is CC(C)(CN)CNC(=O)c1ccc2c(c1)NC(=O)CC(c1ccccc1)N2C(=O)c1ccc([N+](=O)[O-])cc1. The van der Waals surface area contributed by atoms with Crippen LogP contribution in [0.25, 0.3) is 0 Å². The van der Waals surface area contributed by atoms with E-state index in [2.05, 4.69) is 10.6 Å². The molecule has 0 saturated heterocycles. The average molecular weight is 516 g/mol. The first-order chi connectivity index (χ1) is 18.1. The van der Waals surface area contributed by atoms with Crippen molar-refractivity contribution in [2.75, 3.05) is 23.3 Å². The van der Waals surface area contributed by atoms with Crippen LogP contribution in [-0.4, -0.2) is 35.7 Å². The molecule has 1 aliphatic rings. The highest BCUT2D eigenvalue weighted by atomic mass is 16.6. The maximum absolute atomic E-state index is 13.9. The predicted octanol–water partition coefficient (Wildman–Crippen LogP) is 4.04. The van der Waals surface area contributed by atoms with Crippen molar-refractivity contribution >= 4 is 34.8 Å². The van der Waals surface area contributed by atoms with Gasteiger partial charge in [-0.1, -0.05) is 44.2 Å². The molecule has 10 nitrogen and oxygen atoms in total. The molecule has 0 radical (unpaired) electrons. The Balaban J connectivity index is 1.76. The van der Waals surface area contributed by atoms with Crippen LogP contribution in [0.5, 0.6) is 0 Å². The number of carbonyl (C=O) groups is 3. The summed E-state index contributed by atoms with van der Waals surface area (Å²) in [6.07, 6.45) is -0.0242. The van der Waals surface area contributed by atoms with Gasteiger partial charge in [0.15, 0.2) is 0 Å². The second-order valence-corrected chi connectivity index (χ2v) is 9.94. The van der Waals surface area contributed by atoms with Crippen LogP contribution < -0.4 is 21.3 Å². The van der Waals surface area contributed by atoms with Crippen molar-refractivity contribution in [1.82, 2.24) is 5.32 Å². The van der Waals surface area contributed by atoms with Crippen molar-refractivity contribution in [1.29, 1.82) is 0 Å². The minimum absolute atomic E-state index is 0.0242. The number of nitrogens with one attached hydrogen (secondary N) is 2.